The Morgan fingerprint density at radius 3 is 2.94 bits per heavy atom. The molecule has 0 atom stereocenters. The fourth-order valence-corrected chi connectivity index (χ4v) is 2.20. The average molecular weight is 234 g/mol. The smallest absolute Gasteiger partial charge is 0.140 e. The highest BCUT2D eigenvalue weighted by molar-refractivity contribution is 5.79. The van der Waals surface area contributed by atoms with Crippen molar-refractivity contribution in [2.75, 3.05) is 0 Å². The molecule has 3 heterocycles. The van der Waals surface area contributed by atoms with E-state index in [1.165, 1.54) is 0 Å². The van der Waals surface area contributed by atoms with Crippen molar-refractivity contribution in [1.29, 1.82) is 0 Å². The number of aromatic nitrogens is 4. The fraction of sp³-hybridized carbons (Fsp3) is 0. The highest BCUT2D eigenvalue weighted by Crippen LogP contribution is 2.18. The van der Waals surface area contributed by atoms with Crippen LogP contribution in [-0.2, 0) is 0 Å². The van der Waals surface area contributed by atoms with Crippen LogP contribution in [0, 0.1) is 0 Å². The molecule has 3 aromatic heterocycles. The molecule has 0 spiro atoms. The maximum atomic E-state index is 4.60. The van der Waals surface area contributed by atoms with Crippen molar-refractivity contribution in [2.24, 2.45) is 0 Å². The van der Waals surface area contributed by atoms with Crippen LogP contribution in [-0.4, -0.2) is 19.5 Å². The summed E-state index contributed by atoms with van der Waals surface area (Å²) in [5.41, 5.74) is 2.94. The monoisotopic (exact) mass is 234 g/mol. The molecule has 0 bridgehead atoms. The minimum absolute atomic E-state index is 0.874. The third-order valence-electron chi connectivity index (χ3n) is 3.10. The number of hydrogen-bond donors (Lipinski definition) is 1. The van der Waals surface area contributed by atoms with Gasteiger partial charge < -0.3 is 4.98 Å². The third kappa shape index (κ3) is 1.26. The van der Waals surface area contributed by atoms with Crippen molar-refractivity contribution in [3.63, 3.8) is 0 Å². The summed E-state index contributed by atoms with van der Waals surface area (Å²) in [4.78, 5) is 12.1. The summed E-state index contributed by atoms with van der Waals surface area (Å²) in [5.74, 6) is 0.874. The second kappa shape index (κ2) is 3.43. The molecule has 0 amide bonds. The van der Waals surface area contributed by atoms with Gasteiger partial charge in [0.05, 0.1) is 11.0 Å². The van der Waals surface area contributed by atoms with Crippen LogP contribution in [0.2, 0.25) is 0 Å². The fourth-order valence-electron chi connectivity index (χ4n) is 2.20. The number of hydrogen-bond acceptors (Lipinski definition) is 2. The van der Waals surface area contributed by atoms with Gasteiger partial charge in [-0.3, -0.25) is 4.57 Å². The van der Waals surface area contributed by atoms with Gasteiger partial charge in [-0.15, -0.1) is 0 Å². The van der Waals surface area contributed by atoms with Gasteiger partial charge in [0.15, 0.2) is 0 Å². The molecular weight excluding hydrogens is 224 g/mol. The maximum absolute atomic E-state index is 4.60. The molecule has 0 radical (unpaired) electrons. The molecule has 1 aromatic carbocycles. The van der Waals surface area contributed by atoms with Crippen LogP contribution in [0.1, 0.15) is 0 Å². The first-order chi connectivity index (χ1) is 8.92. The lowest BCUT2D eigenvalue weighted by atomic mass is 10.3. The van der Waals surface area contributed by atoms with Gasteiger partial charge in [0.1, 0.15) is 17.8 Å². The summed E-state index contributed by atoms with van der Waals surface area (Å²) in [7, 11) is 0. The molecule has 4 nitrogen and oxygen atoms in total. The predicted molar refractivity (Wildman–Crippen MR) is 70.7 cm³/mol. The number of nitrogens with zero attached hydrogens (tertiary/aromatic N) is 3. The Hall–Kier alpha value is -2.62. The Morgan fingerprint density at radius 2 is 1.94 bits per heavy atom. The molecule has 0 aliphatic rings. The van der Waals surface area contributed by atoms with Gasteiger partial charge in [0.25, 0.3) is 0 Å². The first-order valence-corrected chi connectivity index (χ1v) is 5.78. The van der Waals surface area contributed by atoms with Crippen molar-refractivity contribution in [1.82, 2.24) is 19.5 Å². The van der Waals surface area contributed by atoms with E-state index in [4.69, 9.17) is 0 Å². The quantitative estimate of drug-likeness (QED) is 0.550. The third-order valence-corrected chi connectivity index (χ3v) is 3.10. The van der Waals surface area contributed by atoms with Crippen molar-refractivity contribution < 1.29 is 0 Å². The first kappa shape index (κ1) is 9.41. The lowest BCUT2D eigenvalue weighted by Crippen LogP contribution is -1.95. The second-order valence-corrected chi connectivity index (χ2v) is 4.19. The molecule has 0 aliphatic carbocycles. The number of fused-ring (bicyclic) bond motifs is 2. The van der Waals surface area contributed by atoms with Crippen molar-refractivity contribution in [2.45, 2.75) is 0 Å². The average Bonchev–Trinajstić information content (AvgIpc) is 3.04. The van der Waals surface area contributed by atoms with Gasteiger partial charge in [0, 0.05) is 11.6 Å². The van der Waals surface area contributed by atoms with Crippen LogP contribution in [0.25, 0.3) is 27.9 Å². The molecule has 1 N–H and O–H groups in total. The number of H-pyrrole nitrogens is 1. The van der Waals surface area contributed by atoms with Gasteiger partial charge in [-0.25, -0.2) is 9.97 Å². The van der Waals surface area contributed by atoms with E-state index in [1.807, 2.05) is 53.5 Å². The summed E-state index contributed by atoms with van der Waals surface area (Å²) in [6.45, 7) is 0. The molecule has 0 fully saturated rings. The summed E-state index contributed by atoms with van der Waals surface area (Å²) in [5, 5.41) is 1.11. The van der Waals surface area contributed by atoms with E-state index in [9.17, 15) is 0 Å². The van der Waals surface area contributed by atoms with Crippen molar-refractivity contribution in [3.8, 4) is 5.82 Å². The van der Waals surface area contributed by atoms with Crippen LogP contribution in [0.4, 0.5) is 0 Å². The zero-order valence-electron chi connectivity index (χ0n) is 9.54. The van der Waals surface area contributed by atoms with Gasteiger partial charge in [-0.1, -0.05) is 12.1 Å². The Kier molecular flexibility index (Phi) is 1.80. The van der Waals surface area contributed by atoms with Crippen LogP contribution in [0.5, 0.6) is 0 Å². The molecule has 18 heavy (non-hydrogen) atoms. The van der Waals surface area contributed by atoms with Crippen LogP contribution >= 0.6 is 0 Å². The second-order valence-electron chi connectivity index (χ2n) is 4.19. The largest absolute Gasteiger partial charge is 0.346 e. The SMILES string of the molecule is c1ccc2c(c1)ncn2-c1ccc2cc[nH]c2n1. The topological polar surface area (TPSA) is 46.5 Å². The number of rotatable bonds is 1. The van der Waals surface area contributed by atoms with E-state index in [0.29, 0.717) is 0 Å². The zero-order chi connectivity index (χ0) is 11.9. The number of para-hydroxylation sites is 2. The Bertz CT molecular complexity index is 841. The Balaban J connectivity index is 2.00. The maximum Gasteiger partial charge on any atom is 0.140 e. The van der Waals surface area contributed by atoms with Crippen LogP contribution < -0.4 is 0 Å². The van der Waals surface area contributed by atoms with Gasteiger partial charge >= 0.3 is 0 Å². The van der Waals surface area contributed by atoms with E-state index < -0.39 is 0 Å². The van der Waals surface area contributed by atoms with E-state index in [-0.39, 0.29) is 0 Å². The van der Waals surface area contributed by atoms with Crippen LogP contribution in [0.3, 0.4) is 0 Å². The van der Waals surface area contributed by atoms with Crippen molar-refractivity contribution in [3.05, 3.63) is 55.0 Å². The van der Waals surface area contributed by atoms with E-state index >= 15 is 0 Å². The standard InChI is InChI=1S/C14H10N4/c1-2-4-12-11(3-1)16-9-18(12)13-6-5-10-7-8-15-14(10)17-13/h1-9H,(H,15,17). The number of imidazole rings is 1. The summed E-state index contributed by atoms with van der Waals surface area (Å²) in [6.07, 6.45) is 3.70. The Labute approximate surface area is 103 Å². The lowest BCUT2D eigenvalue weighted by molar-refractivity contribution is 1.03. The normalized spacial score (nSPS) is 11.3. The highest BCUT2D eigenvalue weighted by Gasteiger charge is 2.05. The minimum Gasteiger partial charge on any atom is -0.346 e. The molecule has 0 unspecified atom stereocenters. The molecule has 0 saturated carbocycles. The van der Waals surface area contributed by atoms with E-state index in [1.54, 1.807) is 0 Å². The molecular formula is C14H10N4. The van der Waals surface area contributed by atoms with Crippen LogP contribution in [0.15, 0.2) is 55.0 Å². The minimum atomic E-state index is 0.874. The zero-order valence-corrected chi connectivity index (χ0v) is 9.54. The number of pyridine rings is 1. The molecule has 0 saturated heterocycles. The Morgan fingerprint density at radius 1 is 1.00 bits per heavy atom. The molecule has 4 heteroatoms. The number of nitrogens with one attached hydrogen (secondary N) is 1. The lowest BCUT2D eigenvalue weighted by Gasteiger charge is -2.02. The molecule has 4 aromatic rings. The van der Waals surface area contributed by atoms with Gasteiger partial charge in [0.2, 0.25) is 0 Å². The van der Waals surface area contributed by atoms with Crippen molar-refractivity contribution >= 4 is 22.1 Å². The van der Waals surface area contributed by atoms with E-state index in [2.05, 4.69) is 21.0 Å². The highest BCUT2D eigenvalue weighted by atomic mass is 15.1. The summed E-state index contributed by atoms with van der Waals surface area (Å²) >= 11 is 0. The molecule has 4 rings (SSSR count). The first-order valence-electron chi connectivity index (χ1n) is 5.78. The number of aromatic amines is 1. The van der Waals surface area contributed by atoms with Gasteiger partial charge in [-0.2, -0.15) is 0 Å². The predicted octanol–water partition coefficient (Wildman–Crippen LogP) is 2.90. The van der Waals surface area contributed by atoms with Gasteiger partial charge in [-0.05, 0) is 30.3 Å². The molecule has 0 aliphatic heterocycles. The summed E-state index contributed by atoms with van der Waals surface area (Å²) < 4.78 is 2.00. The summed E-state index contributed by atoms with van der Waals surface area (Å²) in [6, 6.07) is 14.1. The number of benzene rings is 1. The van der Waals surface area contributed by atoms with E-state index in [0.717, 1.165) is 27.9 Å². The molecule has 86 valence electrons.